The van der Waals surface area contributed by atoms with E-state index in [-0.39, 0.29) is 12.5 Å². The summed E-state index contributed by atoms with van der Waals surface area (Å²) in [6.07, 6.45) is 0. The molecule has 0 bridgehead atoms. The Hall–Kier alpha value is -3.23. The van der Waals surface area contributed by atoms with Gasteiger partial charge in [0, 0.05) is 32.6 Å². The summed E-state index contributed by atoms with van der Waals surface area (Å²) in [5.41, 5.74) is 2.41. The maximum absolute atomic E-state index is 14.3. The first-order valence-corrected chi connectivity index (χ1v) is 11.6. The molecule has 6 nitrogen and oxygen atoms in total. The van der Waals surface area contributed by atoms with Crippen molar-refractivity contribution in [2.24, 2.45) is 0 Å². The first kappa shape index (κ1) is 22.6. The first-order valence-electron chi connectivity index (χ1n) is 10.4. The molecule has 34 heavy (non-hydrogen) atoms. The van der Waals surface area contributed by atoms with Gasteiger partial charge in [-0.15, -0.1) is 0 Å². The van der Waals surface area contributed by atoms with Crippen LogP contribution in [-0.4, -0.2) is 28.1 Å². The van der Waals surface area contributed by atoms with E-state index in [0.29, 0.717) is 48.4 Å². The van der Waals surface area contributed by atoms with Crippen LogP contribution in [0.25, 0.3) is 10.8 Å². The van der Waals surface area contributed by atoms with Crippen LogP contribution in [0.4, 0.5) is 4.39 Å². The molecule has 0 aliphatic carbocycles. The summed E-state index contributed by atoms with van der Waals surface area (Å²) in [5.74, 6) is -0.0620. The van der Waals surface area contributed by atoms with Gasteiger partial charge in [0.1, 0.15) is 11.6 Å². The molecular formula is C25H18BrClFN3O3. The molecule has 1 atom stereocenters. The van der Waals surface area contributed by atoms with Gasteiger partial charge in [-0.1, -0.05) is 39.7 Å². The number of aromatic nitrogens is 2. The molecule has 3 aromatic carbocycles. The van der Waals surface area contributed by atoms with Crippen molar-refractivity contribution in [3.8, 4) is 5.75 Å². The van der Waals surface area contributed by atoms with Crippen LogP contribution in [0, 0.1) is 12.7 Å². The third kappa shape index (κ3) is 3.58. The second-order valence-electron chi connectivity index (χ2n) is 8.06. The lowest BCUT2D eigenvalue weighted by atomic mass is 9.94. The zero-order valence-electron chi connectivity index (χ0n) is 18.2. The number of H-pyrrole nitrogens is 1. The van der Waals surface area contributed by atoms with E-state index >= 15 is 0 Å². The monoisotopic (exact) mass is 541 g/mol. The summed E-state index contributed by atoms with van der Waals surface area (Å²) in [5, 5.41) is 7.70. The molecule has 0 saturated heterocycles. The number of hydrogen-bond acceptors (Lipinski definition) is 4. The molecule has 2 heterocycles. The summed E-state index contributed by atoms with van der Waals surface area (Å²) in [4.78, 5) is 28.1. The fourth-order valence-corrected chi connectivity index (χ4v) is 5.38. The summed E-state index contributed by atoms with van der Waals surface area (Å²) in [7, 11) is 1.58. The van der Waals surface area contributed by atoms with Crippen LogP contribution in [-0.2, 0) is 6.54 Å². The lowest BCUT2D eigenvalue weighted by Crippen LogP contribution is -2.28. The molecule has 5 rings (SSSR count). The normalized spacial score (nSPS) is 15.1. The van der Waals surface area contributed by atoms with Crippen molar-refractivity contribution < 1.29 is 13.9 Å². The third-order valence-corrected chi connectivity index (χ3v) is 7.07. The van der Waals surface area contributed by atoms with Gasteiger partial charge < -0.3 is 9.64 Å². The maximum Gasteiger partial charge on any atom is 0.272 e. The highest BCUT2D eigenvalue weighted by Crippen LogP contribution is 2.47. The zero-order chi connectivity index (χ0) is 24.1. The average molecular weight is 543 g/mol. The van der Waals surface area contributed by atoms with Gasteiger partial charge in [-0.3, -0.25) is 9.59 Å². The van der Waals surface area contributed by atoms with E-state index in [2.05, 4.69) is 26.1 Å². The molecule has 4 aromatic rings. The van der Waals surface area contributed by atoms with E-state index in [9.17, 15) is 14.0 Å². The highest BCUT2D eigenvalue weighted by atomic mass is 79.9. The number of carbonyl (C=O) groups excluding carboxylic acids is 1. The predicted octanol–water partition coefficient (Wildman–Crippen LogP) is 5.54. The summed E-state index contributed by atoms with van der Waals surface area (Å²) >= 11 is 10.1. The molecule has 1 aliphatic heterocycles. The van der Waals surface area contributed by atoms with E-state index in [1.54, 1.807) is 25.0 Å². The number of aromatic amines is 1. The van der Waals surface area contributed by atoms with E-state index in [0.717, 1.165) is 5.56 Å². The smallest absolute Gasteiger partial charge is 0.272 e. The third-order valence-electron chi connectivity index (χ3n) is 6.07. The molecule has 1 aliphatic rings. The number of fused-ring (bicyclic) bond motifs is 3. The Labute approximate surface area is 207 Å². The summed E-state index contributed by atoms with van der Waals surface area (Å²) in [6, 6.07) is 12.5. The van der Waals surface area contributed by atoms with Crippen LogP contribution in [0.3, 0.4) is 0 Å². The molecule has 1 aromatic heterocycles. The fourth-order valence-electron chi connectivity index (χ4n) is 4.52. The molecule has 0 saturated carbocycles. The first-order chi connectivity index (χ1) is 16.3. The maximum atomic E-state index is 14.3. The Balaban J connectivity index is 1.78. The number of halogens is 3. The van der Waals surface area contributed by atoms with Crippen LogP contribution in [0.1, 0.15) is 38.8 Å². The van der Waals surface area contributed by atoms with Crippen molar-refractivity contribution in [2.75, 3.05) is 7.11 Å². The second-order valence-corrected chi connectivity index (χ2v) is 9.32. The van der Waals surface area contributed by atoms with Crippen molar-refractivity contribution >= 4 is 44.2 Å². The van der Waals surface area contributed by atoms with Crippen LogP contribution in [0.15, 0.2) is 57.8 Å². The van der Waals surface area contributed by atoms with Gasteiger partial charge >= 0.3 is 0 Å². The van der Waals surface area contributed by atoms with Crippen LogP contribution < -0.4 is 10.3 Å². The molecular weight excluding hydrogens is 525 g/mol. The van der Waals surface area contributed by atoms with Gasteiger partial charge in [0.05, 0.1) is 29.8 Å². The average Bonchev–Trinajstić information content (AvgIpc) is 3.11. The molecule has 0 radical (unpaired) electrons. The van der Waals surface area contributed by atoms with Gasteiger partial charge in [-0.2, -0.15) is 5.10 Å². The topological polar surface area (TPSA) is 75.3 Å². The quantitative estimate of drug-likeness (QED) is 0.367. The standard InChI is InChI=1S/C25H18BrClFN3O3/c1-12-20-17(24(32)30-29-12)10-18(26)21-22(20)25(33)31(11-13-3-6-15(34-2)7-4-13)23(21)16-9-14(28)5-8-19(16)27/h3-10,23H,11H2,1-2H3,(H,30,32). The number of aryl methyl sites for hydroxylation is 1. The van der Waals surface area contributed by atoms with Crippen molar-refractivity contribution in [1.29, 1.82) is 0 Å². The number of amides is 1. The van der Waals surface area contributed by atoms with Crippen molar-refractivity contribution in [2.45, 2.75) is 19.5 Å². The number of nitrogens with one attached hydrogen (secondary N) is 1. The number of rotatable bonds is 4. The Morgan fingerprint density at radius 2 is 1.91 bits per heavy atom. The minimum atomic E-state index is -0.676. The predicted molar refractivity (Wildman–Crippen MR) is 131 cm³/mol. The number of ether oxygens (including phenoxy) is 1. The molecule has 0 spiro atoms. The van der Waals surface area contributed by atoms with Crippen LogP contribution in [0.5, 0.6) is 5.75 Å². The van der Waals surface area contributed by atoms with Gasteiger partial charge in [-0.25, -0.2) is 9.49 Å². The highest BCUT2D eigenvalue weighted by molar-refractivity contribution is 9.10. The highest BCUT2D eigenvalue weighted by Gasteiger charge is 2.42. The number of nitrogens with zero attached hydrogens (tertiary/aromatic N) is 2. The van der Waals surface area contributed by atoms with Crippen molar-refractivity contribution in [3.63, 3.8) is 0 Å². The minimum Gasteiger partial charge on any atom is -0.497 e. The molecule has 172 valence electrons. The van der Waals surface area contributed by atoms with Crippen molar-refractivity contribution in [1.82, 2.24) is 15.1 Å². The molecule has 1 N–H and O–H groups in total. The van der Waals surface area contributed by atoms with E-state index in [4.69, 9.17) is 16.3 Å². The molecule has 1 unspecified atom stereocenters. The van der Waals surface area contributed by atoms with Crippen LogP contribution >= 0.6 is 27.5 Å². The molecule has 1 amide bonds. The second kappa shape index (κ2) is 8.52. The van der Waals surface area contributed by atoms with E-state index in [1.165, 1.54) is 18.2 Å². The van der Waals surface area contributed by atoms with Crippen LogP contribution in [0.2, 0.25) is 5.02 Å². The van der Waals surface area contributed by atoms with Crippen molar-refractivity contribution in [3.05, 3.63) is 102 Å². The van der Waals surface area contributed by atoms with E-state index in [1.807, 2.05) is 24.3 Å². The van der Waals surface area contributed by atoms with Gasteiger partial charge in [0.25, 0.3) is 11.5 Å². The fraction of sp³-hybridized carbons (Fsp3) is 0.160. The molecule has 9 heteroatoms. The number of methoxy groups -OCH3 is 1. The summed E-state index contributed by atoms with van der Waals surface area (Å²) in [6.45, 7) is 1.97. The summed E-state index contributed by atoms with van der Waals surface area (Å²) < 4.78 is 20.1. The Morgan fingerprint density at radius 3 is 2.62 bits per heavy atom. The lowest BCUT2D eigenvalue weighted by Gasteiger charge is -2.27. The zero-order valence-corrected chi connectivity index (χ0v) is 20.5. The van der Waals surface area contributed by atoms with Gasteiger partial charge in [-0.05, 0) is 48.9 Å². The number of hydrogen-bond donors (Lipinski definition) is 1. The Morgan fingerprint density at radius 1 is 1.18 bits per heavy atom. The lowest BCUT2D eigenvalue weighted by molar-refractivity contribution is 0.0737. The van der Waals surface area contributed by atoms with Gasteiger partial charge in [0.2, 0.25) is 0 Å². The number of carbonyl (C=O) groups is 1. The van der Waals surface area contributed by atoms with Gasteiger partial charge in [0.15, 0.2) is 0 Å². The Bertz CT molecular complexity index is 1520. The largest absolute Gasteiger partial charge is 0.497 e. The SMILES string of the molecule is COc1ccc(CN2C(=O)c3c(c(Br)cc4c(=O)[nH]nc(C)c34)C2c2cc(F)ccc2Cl)cc1. The number of benzene rings is 3. The Kier molecular flexibility index (Phi) is 5.65. The minimum absolute atomic E-state index is 0.235. The van der Waals surface area contributed by atoms with E-state index < -0.39 is 17.4 Å². The molecule has 0 fully saturated rings.